The van der Waals surface area contributed by atoms with Gasteiger partial charge in [0.2, 0.25) is 5.69 Å². The van der Waals surface area contributed by atoms with Crippen LogP contribution in [0.25, 0.3) is 4.85 Å². The summed E-state index contributed by atoms with van der Waals surface area (Å²) in [6.45, 7) is 6.60. The van der Waals surface area contributed by atoms with Crippen LogP contribution in [0.5, 0.6) is 5.75 Å². The minimum atomic E-state index is 0.0179. The molecular weight excluding hydrogens is 194 g/mol. The summed E-state index contributed by atoms with van der Waals surface area (Å²) in [7, 11) is 0. The SMILES string of the molecule is [C-]#[N+]c1ccc(Br)cc1O. The Hall–Kier alpha value is -1.01. The highest BCUT2D eigenvalue weighted by molar-refractivity contribution is 9.10. The van der Waals surface area contributed by atoms with Crippen molar-refractivity contribution in [3.8, 4) is 5.75 Å². The summed E-state index contributed by atoms with van der Waals surface area (Å²) in [6.07, 6.45) is 0. The molecule has 2 nitrogen and oxygen atoms in total. The summed E-state index contributed by atoms with van der Waals surface area (Å²) < 4.78 is 0.775. The molecule has 0 aromatic heterocycles. The highest BCUT2D eigenvalue weighted by Gasteiger charge is 1.98. The first-order valence-electron chi connectivity index (χ1n) is 2.60. The Balaban J connectivity index is 3.23. The van der Waals surface area contributed by atoms with E-state index in [1.807, 2.05) is 0 Å². The van der Waals surface area contributed by atoms with E-state index < -0.39 is 0 Å². The number of halogens is 1. The predicted octanol–water partition coefficient (Wildman–Crippen LogP) is 2.71. The Kier molecular flexibility index (Phi) is 1.93. The van der Waals surface area contributed by atoms with Crippen LogP contribution in [0.1, 0.15) is 0 Å². The number of hydrogen-bond acceptors (Lipinski definition) is 1. The number of aromatic hydroxyl groups is 1. The number of hydrogen-bond donors (Lipinski definition) is 1. The van der Waals surface area contributed by atoms with Crippen LogP contribution in [-0.4, -0.2) is 5.11 Å². The molecule has 3 heteroatoms. The van der Waals surface area contributed by atoms with Crippen LogP contribution in [0.15, 0.2) is 22.7 Å². The summed E-state index contributed by atoms with van der Waals surface area (Å²) >= 11 is 3.16. The van der Waals surface area contributed by atoms with E-state index in [9.17, 15) is 0 Å². The number of rotatable bonds is 0. The number of phenols is 1. The molecule has 0 amide bonds. The Morgan fingerprint density at radius 3 is 2.70 bits per heavy atom. The Morgan fingerprint density at radius 1 is 1.50 bits per heavy atom. The van der Waals surface area contributed by atoms with Crippen molar-refractivity contribution in [2.45, 2.75) is 0 Å². The van der Waals surface area contributed by atoms with Gasteiger partial charge in [-0.2, -0.15) is 0 Å². The van der Waals surface area contributed by atoms with Gasteiger partial charge in [0, 0.05) is 4.47 Å². The highest BCUT2D eigenvalue weighted by atomic mass is 79.9. The summed E-state index contributed by atoms with van der Waals surface area (Å²) in [4.78, 5) is 3.09. The monoisotopic (exact) mass is 197 g/mol. The van der Waals surface area contributed by atoms with Gasteiger partial charge in [-0.15, -0.1) is 0 Å². The maximum Gasteiger partial charge on any atom is 0.227 e. The fourth-order valence-corrected chi connectivity index (χ4v) is 0.940. The van der Waals surface area contributed by atoms with Crippen molar-refractivity contribution in [2.75, 3.05) is 0 Å². The van der Waals surface area contributed by atoms with Crippen molar-refractivity contribution in [3.63, 3.8) is 0 Å². The third-order valence-electron chi connectivity index (χ3n) is 1.06. The molecule has 10 heavy (non-hydrogen) atoms. The van der Waals surface area contributed by atoms with E-state index in [0.717, 1.165) is 4.47 Å². The molecule has 1 aromatic rings. The van der Waals surface area contributed by atoms with Crippen molar-refractivity contribution in [1.82, 2.24) is 0 Å². The Labute approximate surface area is 67.1 Å². The molecule has 0 aliphatic carbocycles. The molecule has 1 N–H and O–H groups in total. The third-order valence-corrected chi connectivity index (χ3v) is 1.55. The van der Waals surface area contributed by atoms with Crippen LogP contribution < -0.4 is 0 Å². The lowest BCUT2D eigenvalue weighted by molar-refractivity contribution is 0.478. The van der Waals surface area contributed by atoms with Gasteiger partial charge in [0.15, 0.2) is 0 Å². The maximum atomic E-state index is 9.05. The van der Waals surface area contributed by atoms with Gasteiger partial charge in [-0.05, 0) is 6.07 Å². The lowest BCUT2D eigenvalue weighted by atomic mass is 10.3. The van der Waals surface area contributed by atoms with Gasteiger partial charge in [-0.1, -0.05) is 28.1 Å². The first kappa shape index (κ1) is 7.10. The fourth-order valence-electron chi connectivity index (χ4n) is 0.591. The predicted molar refractivity (Wildman–Crippen MR) is 42.1 cm³/mol. The van der Waals surface area contributed by atoms with Crippen molar-refractivity contribution in [2.24, 2.45) is 0 Å². The lowest BCUT2D eigenvalue weighted by Gasteiger charge is -1.94. The summed E-state index contributed by atoms with van der Waals surface area (Å²) in [5.41, 5.74) is 0.281. The van der Waals surface area contributed by atoms with E-state index >= 15 is 0 Å². The van der Waals surface area contributed by atoms with Crippen LogP contribution in [0.2, 0.25) is 0 Å². The average Bonchev–Trinajstić information content (AvgIpc) is 1.88. The summed E-state index contributed by atoms with van der Waals surface area (Å²) in [6, 6.07) is 4.77. The zero-order chi connectivity index (χ0) is 7.56. The zero-order valence-electron chi connectivity index (χ0n) is 5.00. The molecule has 0 unspecified atom stereocenters. The molecule has 1 aromatic carbocycles. The smallest absolute Gasteiger partial charge is 0.227 e. The van der Waals surface area contributed by atoms with Gasteiger partial charge < -0.3 is 5.11 Å². The van der Waals surface area contributed by atoms with Gasteiger partial charge in [0.05, 0.1) is 6.57 Å². The largest absolute Gasteiger partial charge is 0.519 e. The van der Waals surface area contributed by atoms with Gasteiger partial charge in [0.1, 0.15) is 5.75 Å². The molecule has 0 spiro atoms. The normalized spacial score (nSPS) is 8.80. The number of phenolic OH excluding ortho intramolecular Hbond substituents is 1. The molecule has 0 aliphatic rings. The first-order valence-corrected chi connectivity index (χ1v) is 3.39. The topological polar surface area (TPSA) is 24.6 Å². The minimum Gasteiger partial charge on any atom is -0.519 e. The van der Waals surface area contributed by atoms with Gasteiger partial charge in [-0.3, -0.25) is 0 Å². The van der Waals surface area contributed by atoms with Crippen molar-refractivity contribution in [1.29, 1.82) is 0 Å². The summed E-state index contributed by atoms with van der Waals surface area (Å²) in [5, 5.41) is 9.05. The van der Waals surface area contributed by atoms with Gasteiger partial charge in [0.25, 0.3) is 0 Å². The summed E-state index contributed by atoms with van der Waals surface area (Å²) in [5.74, 6) is 0.0179. The van der Waals surface area contributed by atoms with E-state index in [0.29, 0.717) is 0 Å². The zero-order valence-corrected chi connectivity index (χ0v) is 6.59. The maximum absolute atomic E-state index is 9.05. The number of nitrogens with zero attached hydrogens (tertiary/aromatic N) is 1. The second kappa shape index (κ2) is 2.72. The molecule has 0 saturated carbocycles. The third kappa shape index (κ3) is 1.28. The van der Waals surface area contributed by atoms with Crippen LogP contribution in [0.4, 0.5) is 5.69 Å². The molecule has 0 bridgehead atoms. The van der Waals surface area contributed by atoms with E-state index in [-0.39, 0.29) is 11.4 Å². The molecular formula is C7H4BrNO. The van der Waals surface area contributed by atoms with Crippen molar-refractivity contribution < 1.29 is 5.11 Å². The van der Waals surface area contributed by atoms with Crippen LogP contribution in [-0.2, 0) is 0 Å². The van der Waals surface area contributed by atoms with Crippen LogP contribution >= 0.6 is 15.9 Å². The second-order valence-electron chi connectivity index (χ2n) is 1.74. The highest BCUT2D eigenvalue weighted by Crippen LogP contribution is 2.28. The number of benzene rings is 1. The Bertz CT molecular complexity index is 290. The molecule has 0 radical (unpaired) electrons. The average molecular weight is 198 g/mol. The van der Waals surface area contributed by atoms with Crippen molar-refractivity contribution in [3.05, 3.63) is 34.1 Å². The van der Waals surface area contributed by atoms with Crippen LogP contribution in [0, 0.1) is 6.57 Å². The van der Waals surface area contributed by atoms with Crippen molar-refractivity contribution >= 4 is 21.6 Å². The molecule has 50 valence electrons. The molecule has 0 saturated heterocycles. The first-order chi connectivity index (χ1) is 4.74. The van der Waals surface area contributed by atoms with Gasteiger partial charge in [-0.25, -0.2) is 4.85 Å². The van der Waals surface area contributed by atoms with Gasteiger partial charge >= 0.3 is 0 Å². The molecule has 0 atom stereocenters. The van der Waals surface area contributed by atoms with E-state index in [4.69, 9.17) is 11.7 Å². The van der Waals surface area contributed by atoms with E-state index in [1.54, 1.807) is 12.1 Å². The lowest BCUT2D eigenvalue weighted by Crippen LogP contribution is -1.65. The molecule has 0 fully saturated rings. The minimum absolute atomic E-state index is 0.0179. The second-order valence-corrected chi connectivity index (χ2v) is 2.66. The molecule has 1 rings (SSSR count). The standard InChI is InChI=1S/C7H4BrNO/c1-9-6-3-2-5(8)4-7(6)10/h2-4,10H. The Morgan fingerprint density at radius 2 is 2.20 bits per heavy atom. The fraction of sp³-hybridized carbons (Fsp3) is 0. The molecule has 0 aliphatic heterocycles. The van der Waals surface area contributed by atoms with E-state index in [2.05, 4.69) is 20.8 Å². The van der Waals surface area contributed by atoms with E-state index in [1.165, 1.54) is 6.07 Å². The molecule has 0 heterocycles. The van der Waals surface area contributed by atoms with Crippen LogP contribution in [0.3, 0.4) is 0 Å². The quantitative estimate of drug-likeness (QED) is 0.636.